The van der Waals surface area contributed by atoms with Crippen molar-refractivity contribution in [1.29, 1.82) is 0 Å². The summed E-state index contributed by atoms with van der Waals surface area (Å²) in [5.41, 5.74) is 0.936. The molecule has 2 aromatic carbocycles. The van der Waals surface area contributed by atoms with Gasteiger partial charge in [-0.3, -0.25) is 10.1 Å². The number of rotatable bonds is 6. The summed E-state index contributed by atoms with van der Waals surface area (Å²) in [7, 11) is -2.79. The van der Waals surface area contributed by atoms with E-state index >= 15 is 0 Å². The number of nitrogens with zero attached hydrogens (tertiary/aromatic N) is 2. The fourth-order valence-corrected chi connectivity index (χ4v) is 2.81. The van der Waals surface area contributed by atoms with Crippen LogP contribution in [0.3, 0.4) is 0 Å². The first kappa shape index (κ1) is 19.1. The molecule has 0 saturated carbocycles. The Morgan fingerprint density at radius 1 is 1.23 bits per heavy atom. The maximum Gasteiger partial charge on any atom is 0.337 e. The van der Waals surface area contributed by atoms with Crippen LogP contribution < -0.4 is 4.83 Å². The summed E-state index contributed by atoms with van der Waals surface area (Å²) in [6.07, 6.45) is 1.24. The second-order valence-electron chi connectivity index (χ2n) is 5.17. The lowest BCUT2D eigenvalue weighted by Crippen LogP contribution is -2.18. The molecule has 0 aliphatic heterocycles. The minimum absolute atomic E-state index is 0.270. The van der Waals surface area contributed by atoms with Gasteiger partial charge in [0, 0.05) is 11.6 Å². The monoisotopic (exact) mass is 377 g/mol. The van der Waals surface area contributed by atoms with Gasteiger partial charge in [0.2, 0.25) is 0 Å². The Bertz CT molecular complexity index is 968. The van der Waals surface area contributed by atoms with E-state index < -0.39 is 20.9 Å². The highest BCUT2D eigenvalue weighted by atomic mass is 32.2. The molecule has 10 heteroatoms. The summed E-state index contributed by atoms with van der Waals surface area (Å²) in [4.78, 5) is 23.3. The number of esters is 1. The van der Waals surface area contributed by atoms with Crippen LogP contribution in [0.5, 0.6) is 0 Å². The van der Waals surface area contributed by atoms with Crippen molar-refractivity contribution in [1.82, 2.24) is 4.83 Å². The number of sulfonamides is 1. The maximum atomic E-state index is 12.2. The largest absolute Gasteiger partial charge is 0.465 e. The number of hydrogen-bond donors (Lipinski definition) is 1. The van der Waals surface area contributed by atoms with E-state index in [-0.39, 0.29) is 10.6 Å². The Morgan fingerprint density at radius 2 is 1.88 bits per heavy atom. The first-order valence-corrected chi connectivity index (χ1v) is 8.71. The Morgan fingerprint density at radius 3 is 2.46 bits per heavy atom. The van der Waals surface area contributed by atoms with E-state index in [0.29, 0.717) is 16.7 Å². The highest BCUT2D eigenvalue weighted by Crippen LogP contribution is 2.22. The number of nitro groups is 1. The zero-order valence-corrected chi connectivity index (χ0v) is 14.7. The highest BCUT2D eigenvalue weighted by molar-refractivity contribution is 7.89. The summed E-state index contributed by atoms with van der Waals surface area (Å²) in [6.45, 7) is 1.51. The Labute approximate surface area is 149 Å². The summed E-state index contributed by atoms with van der Waals surface area (Å²) >= 11 is 0. The molecule has 26 heavy (non-hydrogen) atoms. The van der Waals surface area contributed by atoms with Crippen LogP contribution in [0, 0.1) is 17.0 Å². The number of nitrogens with one attached hydrogen (secondary N) is 1. The number of ether oxygens (including phenoxy) is 1. The van der Waals surface area contributed by atoms with Crippen molar-refractivity contribution in [3.8, 4) is 0 Å². The first-order chi connectivity index (χ1) is 12.2. The van der Waals surface area contributed by atoms with Crippen LogP contribution in [0.25, 0.3) is 0 Å². The molecule has 1 N–H and O–H groups in total. The van der Waals surface area contributed by atoms with Gasteiger partial charge in [0.05, 0.1) is 28.7 Å². The zero-order valence-electron chi connectivity index (χ0n) is 13.9. The summed E-state index contributed by atoms with van der Waals surface area (Å²) < 4.78 is 28.9. The average Bonchev–Trinajstić information content (AvgIpc) is 2.61. The van der Waals surface area contributed by atoms with Gasteiger partial charge >= 0.3 is 5.97 Å². The van der Waals surface area contributed by atoms with Gasteiger partial charge in [-0.2, -0.15) is 13.5 Å². The molecule has 2 rings (SSSR count). The van der Waals surface area contributed by atoms with E-state index in [1.54, 1.807) is 12.1 Å². The normalized spacial score (nSPS) is 11.3. The van der Waals surface area contributed by atoms with Crippen LogP contribution in [0.1, 0.15) is 21.5 Å². The summed E-state index contributed by atoms with van der Waals surface area (Å²) in [5.74, 6) is -0.491. The predicted molar refractivity (Wildman–Crippen MR) is 93.5 cm³/mol. The number of carbonyl (C=O) groups is 1. The van der Waals surface area contributed by atoms with Crippen LogP contribution in [-0.4, -0.2) is 32.6 Å². The van der Waals surface area contributed by atoms with E-state index in [2.05, 4.69) is 9.84 Å². The van der Waals surface area contributed by atoms with E-state index in [4.69, 9.17) is 0 Å². The minimum Gasteiger partial charge on any atom is -0.465 e. The molecule has 136 valence electrons. The Kier molecular flexibility index (Phi) is 5.68. The molecule has 0 bridgehead atoms. The van der Waals surface area contributed by atoms with E-state index in [1.165, 1.54) is 44.5 Å². The first-order valence-electron chi connectivity index (χ1n) is 7.23. The van der Waals surface area contributed by atoms with Crippen LogP contribution in [0.2, 0.25) is 0 Å². The zero-order chi connectivity index (χ0) is 19.3. The van der Waals surface area contributed by atoms with Gasteiger partial charge in [0.1, 0.15) is 0 Å². The number of hydrogen-bond acceptors (Lipinski definition) is 7. The number of carbonyl (C=O) groups excluding carboxylic acids is 1. The second kappa shape index (κ2) is 7.74. The van der Waals surface area contributed by atoms with Gasteiger partial charge in [-0.25, -0.2) is 9.63 Å². The molecule has 2 aromatic rings. The van der Waals surface area contributed by atoms with Gasteiger partial charge < -0.3 is 4.74 Å². The van der Waals surface area contributed by atoms with Gasteiger partial charge in [0.15, 0.2) is 0 Å². The number of methoxy groups -OCH3 is 1. The predicted octanol–water partition coefficient (Wildman–Crippen LogP) is 2.00. The van der Waals surface area contributed by atoms with Crippen molar-refractivity contribution in [3.05, 3.63) is 69.3 Å². The van der Waals surface area contributed by atoms with Crippen molar-refractivity contribution in [3.63, 3.8) is 0 Å². The fraction of sp³-hybridized carbons (Fsp3) is 0.125. The standard InChI is InChI=1S/C16H15N3O6S/c1-11-3-8-14(9-15(11)19(21)22)26(23,24)18-17-10-12-4-6-13(7-5-12)16(20)25-2/h3-10,18H,1-2H3/b17-10+. The third-order valence-electron chi connectivity index (χ3n) is 3.41. The maximum absolute atomic E-state index is 12.2. The third kappa shape index (κ3) is 4.42. The minimum atomic E-state index is -4.06. The molecule has 0 atom stereocenters. The van der Waals surface area contributed by atoms with Crippen molar-refractivity contribution in [2.45, 2.75) is 11.8 Å². The second-order valence-corrected chi connectivity index (χ2v) is 6.83. The van der Waals surface area contributed by atoms with Gasteiger partial charge in [-0.1, -0.05) is 18.2 Å². The molecule has 0 radical (unpaired) electrons. The molecular formula is C16H15N3O6S. The van der Waals surface area contributed by atoms with Crippen molar-refractivity contribution in [2.24, 2.45) is 5.10 Å². The molecule has 0 spiro atoms. The molecule has 0 unspecified atom stereocenters. The molecule has 0 aromatic heterocycles. The molecule has 0 heterocycles. The molecule has 0 fully saturated rings. The number of nitro benzene ring substituents is 1. The fourth-order valence-electron chi connectivity index (χ4n) is 2.00. The molecule has 0 amide bonds. The summed E-state index contributed by atoms with van der Waals surface area (Å²) in [5, 5.41) is 14.6. The molecule has 0 aliphatic carbocycles. The van der Waals surface area contributed by atoms with E-state index in [9.17, 15) is 23.3 Å². The van der Waals surface area contributed by atoms with Crippen molar-refractivity contribution in [2.75, 3.05) is 7.11 Å². The lowest BCUT2D eigenvalue weighted by molar-refractivity contribution is -0.385. The van der Waals surface area contributed by atoms with Gasteiger partial charge in [-0.05, 0) is 30.7 Å². The Balaban J connectivity index is 2.15. The summed E-state index contributed by atoms with van der Waals surface area (Å²) in [6, 6.07) is 9.70. The Hall–Kier alpha value is -3.27. The quantitative estimate of drug-likeness (QED) is 0.355. The SMILES string of the molecule is COC(=O)c1ccc(/C=N/NS(=O)(=O)c2ccc(C)c([N+](=O)[O-])c2)cc1. The number of hydrazone groups is 1. The van der Waals surface area contributed by atoms with Crippen LogP contribution >= 0.6 is 0 Å². The molecule has 0 aliphatic rings. The number of aryl methyl sites for hydroxylation is 1. The van der Waals surface area contributed by atoms with Crippen molar-refractivity contribution >= 4 is 27.9 Å². The average molecular weight is 377 g/mol. The van der Waals surface area contributed by atoms with Crippen molar-refractivity contribution < 1.29 is 22.9 Å². The highest BCUT2D eigenvalue weighted by Gasteiger charge is 2.19. The number of benzene rings is 2. The third-order valence-corrected chi connectivity index (χ3v) is 4.63. The topological polar surface area (TPSA) is 128 Å². The molecule has 9 nitrogen and oxygen atoms in total. The lowest BCUT2D eigenvalue weighted by atomic mass is 10.1. The molecule has 0 saturated heterocycles. The van der Waals surface area contributed by atoms with Gasteiger partial charge in [-0.15, -0.1) is 0 Å². The van der Waals surface area contributed by atoms with Crippen LogP contribution in [-0.2, 0) is 14.8 Å². The van der Waals surface area contributed by atoms with Gasteiger partial charge in [0.25, 0.3) is 15.7 Å². The van der Waals surface area contributed by atoms with E-state index in [0.717, 1.165) is 6.07 Å². The van der Waals surface area contributed by atoms with E-state index in [1.807, 2.05) is 4.83 Å². The smallest absolute Gasteiger partial charge is 0.337 e. The lowest BCUT2D eigenvalue weighted by Gasteiger charge is -2.04. The van der Waals surface area contributed by atoms with Crippen LogP contribution in [0.15, 0.2) is 52.5 Å². The van der Waals surface area contributed by atoms with Crippen LogP contribution in [0.4, 0.5) is 5.69 Å². The molecular weight excluding hydrogens is 362 g/mol.